The van der Waals surface area contributed by atoms with Crippen molar-refractivity contribution in [2.24, 2.45) is 0 Å². The molecule has 1 aromatic rings. The van der Waals surface area contributed by atoms with E-state index in [2.05, 4.69) is 10.3 Å². The molecule has 1 heterocycles. The van der Waals surface area contributed by atoms with Crippen molar-refractivity contribution in [1.82, 2.24) is 4.98 Å². The molecule has 0 radical (unpaired) electrons. The van der Waals surface area contributed by atoms with Gasteiger partial charge in [-0.05, 0) is 18.2 Å². The minimum atomic E-state index is -1.41. The van der Waals surface area contributed by atoms with Crippen LogP contribution in [0.4, 0.5) is 5.69 Å². The predicted molar refractivity (Wildman–Crippen MR) is 47.0 cm³/mol. The van der Waals surface area contributed by atoms with Crippen molar-refractivity contribution in [2.45, 2.75) is 0 Å². The Hall–Kier alpha value is -2.17. The van der Waals surface area contributed by atoms with Crippen LogP contribution in [0.2, 0.25) is 0 Å². The van der Waals surface area contributed by atoms with Crippen molar-refractivity contribution >= 4 is 17.6 Å². The number of hydrogen-bond donors (Lipinski definition) is 1. The van der Waals surface area contributed by atoms with Crippen molar-refractivity contribution in [3.05, 3.63) is 36.7 Å². The molecule has 1 rings (SSSR count). The van der Waals surface area contributed by atoms with E-state index in [-0.39, 0.29) is 0 Å². The molecule has 14 heavy (non-hydrogen) atoms. The van der Waals surface area contributed by atoms with Gasteiger partial charge in [0.1, 0.15) is 0 Å². The van der Waals surface area contributed by atoms with Gasteiger partial charge < -0.3 is 15.2 Å². The molecule has 0 saturated heterocycles. The van der Waals surface area contributed by atoms with Crippen molar-refractivity contribution in [3.63, 3.8) is 0 Å². The zero-order valence-electron chi connectivity index (χ0n) is 7.14. The lowest BCUT2D eigenvalue weighted by Crippen LogP contribution is -2.20. The summed E-state index contributed by atoms with van der Waals surface area (Å²) in [5, 5.41) is 12.4. The molecule has 0 aliphatic heterocycles. The third kappa shape index (κ3) is 3.48. The molecule has 0 bridgehead atoms. The van der Waals surface area contributed by atoms with E-state index in [0.717, 1.165) is 6.08 Å². The third-order valence-corrected chi connectivity index (χ3v) is 1.30. The first-order valence-corrected chi connectivity index (χ1v) is 3.78. The zero-order chi connectivity index (χ0) is 10.4. The first-order chi connectivity index (χ1) is 6.68. The van der Waals surface area contributed by atoms with Crippen molar-refractivity contribution in [3.8, 4) is 0 Å². The number of rotatable bonds is 3. The van der Waals surface area contributed by atoms with E-state index in [1.54, 1.807) is 18.3 Å². The van der Waals surface area contributed by atoms with Crippen molar-refractivity contribution in [2.75, 3.05) is 5.32 Å². The van der Waals surface area contributed by atoms with Gasteiger partial charge in [-0.1, -0.05) is 0 Å². The van der Waals surface area contributed by atoms with Gasteiger partial charge in [0.2, 0.25) is 5.91 Å². The van der Waals surface area contributed by atoms with Crippen LogP contribution >= 0.6 is 0 Å². The molecule has 0 spiro atoms. The van der Waals surface area contributed by atoms with Crippen LogP contribution in [0.5, 0.6) is 0 Å². The number of pyridine rings is 1. The monoisotopic (exact) mass is 191 g/mol. The molecule has 5 heteroatoms. The Morgan fingerprint density at radius 1 is 1.43 bits per heavy atom. The van der Waals surface area contributed by atoms with Crippen LogP contribution in [0.25, 0.3) is 0 Å². The molecule has 0 unspecified atom stereocenters. The van der Waals surface area contributed by atoms with E-state index in [0.29, 0.717) is 11.8 Å². The van der Waals surface area contributed by atoms with Gasteiger partial charge in [0.05, 0.1) is 17.9 Å². The Kier molecular flexibility index (Phi) is 3.37. The molecule has 72 valence electrons. The fraction of sp³-hybridized carbons (Fsp3) is 0. The highest BCUT2D eigenvalue weighted by atomic mass is 16.4. The molecule has 1 amide bonds. The van der Waals surface area contributed by atoms with Crippen LogP contribution in [0.1, 0.15) is 0 Å². The number of aliphatic carboxylic acids is 1. The molecule has 1 N–H and O–H groups in total. The maximum Gasteiger partial charge on any atom is 0.248 e. The van der Waals surface area contributed by atoms with E-state index >= 15 is 0 Å². The highest BCUT2D eigenvalue weighted by Gasteiger charge is 1.95. The summed E-state index contributed by atoms with van der Waals surface area (Å²) < 4.78 is 0. The van der Waals surface area contributed by atoms with Gasteiger partial charge in [0.15, 0.2) is 0 Å². The van der Waals surface area contributed by atoms with E-state index in [1.807, 2.05) is 0 Å². The fourth-order valence-electron chi connectivity index (χ4n) is 0.764. The number of carboxylic acid groups (broad SMARTS) is 1. The first kappa shape index (κ1) is 9.91. The molecule has 5 nitrogen and oxygen atoms in total. The maximum atomic E-state index is 11.0. The topological polar surface area (TPSA) is 82.1 Å². The number of aromatic nitrogens is 1. The Morgan fingerprint density at radius 3 is 2.79 bits per heavy atom. The molecule has 0 aliphatic carbocycles. The smallest absolute Gasteiger partial charge is 0.248 e. The molecular weight excluding hydrogens is 184 g/mol. The first-order valence-electron chi connectivity index (χ1n) is 3.78. The number of anilines is 1. The number of carbonyl (C=O) groups is 2. The Bertz CT molecular complexity index is 360. The maximum absolute atomic E-state index is 11.0. The van der Waals surface area contributed by atoms with Crippen LogP contribution in [0.3, 0.4) is 0 Å². The predicted octanol–water partition coefficient (Wildman–Crippen LogP) is -0.674. The number of carbonyl (C=O) groups excluding carboxylic acids is 2. The summed E-state index contributed by atoms with van der Waals surface area (Å²) in [6.07, 6.45) is 4.55. The summed E-state index contributed by atoms with van der Waals surface area (Å²) in [6, 6.07) is 3.29. The standard InChI is InChI=1S/C9H8N2O3/c12-8(3-4-9(13)14)11-7-2-1-5-10-6-7/h1-6H,(H,11,12)(H,13,14)/p-1. The average Bonchev–Trinajstić information content (AvgIpc) is 2.16. The summed E-state index contributed by atoms with van der Waals surface area (Å²) in [6.45, 7) is 0. The van der Waals surface area contributed by atoms with Gasteiger partial charge in [0, 0.05) is 12.3 Å². The van der Waals surface area contributed by atoms with Crippen LogP contribution in [-0.4, -0.2) is 16.9 Å². The molecular formula is C9H7N2O3-. The third-order valence-electron chi connectivity index (χ3n) is 1.30. The van der Waals surface area contributed by atoms with Gasteiger partial charge in [-0.2, -0.15) is 0 Å². The second kappa shape index (κ2) is 4.76. The lowest BCUT2D eigenvalue weighted by Gasteiger charge is -1.99. The second-order valence-corrected chi connectivity index (χ2v) is 2.38. The van der Waals surface area contributed by atoms with E-state index in [4.69, 9.17) is 0 Å². The SMILES string of the molecule is O=C([O-])C=CC(=O)Nc1cccnc1. The normalized spacial score (nSPS) is 10.0. The highest BCUT2D eigenvalue weighted by Crippen LogP contribution is 2.01. The molecule has 0 aromatic carbocycles. The summed E-state index contributed by atoms with van der Waals surface area (Å²) >= 11 is 0. The minimum Gasteiger partial charge on any atom is -0.545 e. The molecule has 0 saturated carbocycles. The average molecular weight is 191 g/mol. The molecule has 0 fully saturated rings. The van der Waals surface area contributed by atoms with Crippen LogP contribution in [0.15, 0.2) is 36.7 Å². The van der Waals surface area contributed by atoms with Gasteiger partial charge in [-0.25, -0.2) is 0 Å². The number of hydrogen-bond acceptors (Lipinski definition) is 4. The largest absolute Gasteiger partial charge is 0.545 e. The minimum absolute atomic E-state index is 0.500. The molecule has 0 aliphatic rings. The van der Waals surface area contributed by atoms with Crippen molar-refractivity contribution < 1.29 is 14.7 Å². The van der Waals surface area contributed by atoms with Crippen LogP contribution in [0, 0.1) is 0 Å². The van der Waals surface area contributed by atoms with Gasteiger partial charge in [-0.15, -0.1) is 0 Å². The second-order valence-electron chi connectivity index (χ2n) is 2.38. The molecule has 1 aromatic heterocycles. The quantitative estimate of drug-likeness (QED) is 0.642. The fourth-order valence-corrected chi connectivity index (χ4v) is 0.764. The summed E-state index contributed by atoms with van der Waals surface area (Å²) in [4.78, 5) is 24.7. The van der Waals surface area contributed by atoms with Gasteiger partial charge >= 0.3 is 0 Å². The zero-order valence-corrected chi connectivity index (χ0v) is 7.14. The van der Waals surface area contributed by atoms with Gasteiger partial charge in [0.25, 0.3) is 0 Å². The summed E-state index contributed by atoms with van der Waals surface area (Å²) in [7, 11) is 0. The van der Waals surface area contributed by atoms with E-state index in [1.165, 1.54) is 6.20 Å². The van der Waals surface area contributed by atoms with E-state index in [9.17, 15) is 14.7 Å². The van der Waals surface area contributed by atoms with Gasteiger partial charge in [-0.3, -0.25) is 9.78 Å². The summed E-state index contributed by atoms with van der Waals surface area (Å²) in [5.41, 5.74) is 0.500. The number of amides is 1. The molecule has 0 atom stereocenters. The Labute approximate surface area is 80.1 Å². The number of nitrogens with one attached hydrogen (secondary N) is 1. The Morgan fingerprint density at radius 2 is 2.21 bits per heavy atom. The van der Waals surface area contributed by atoms with Crippen LogP contribution < -0.4 is 10.4 Å². The lowest BCUT2D eigenvalue weighted by molar-refractivity contribution is -0.297. The summed E-state index contributed by atoms with van der Waals surface area (Å²) in [5.74, 6) is -1.95. The van der Waals surface area contributed by atoms with Crippen LogP contribution in [-0.2, 0) is 9.59 Å². The Balaban J connectivity index is 2.54. The number of carboxylic acids is 1. The highest BCUT2D eigenvalue weighted by molar-refractivity contribution is 6.01. The van der Waals surface area contributed by atoms with Crippen molar-refractivity contribution in [1.29, 1.82) is 0 Å². The van der Waals surface area contributed by atoms with E-state index < -0.39 is 11.9 Å². The lowest BCUT2D eigenvalue weighted by atomic mass is 10.4. The number of nitrogens with zero attached hydrogens (tertiary/aromatic N) is 1.